The number of carbonyl (C=O) groups excluding carboxylic acids is 1. The summed E-state index contributed by atoms with van der Waals surface area (Å²) in [5.41, 5.74) is 5.31. The molecule has 1 aliphatic rings. The molecule has 3 rings (SSSR count). The van der Waals surface area contributed by atoms with E-state index in [0.29, 0.717) is 0 Å². The van der Waals surface area contributed by atoms with Gasteiger partial charge in [-0.25, -0.2) is 0 Å². The number of hydrogen-bond acceptors (Lipinski definition) is 1. The van der Waals surface area contributed by atoms with Gasteiger partial charge in [0.05, 0.1) is 0 Å². The molecule has 19 heavy (non-hydrogen) atoms. The predicted molar refractivity (Wildman–Crippen MR) is 77.7 cm³/mol. The zero-order valence-corrected chi connectivity index (χ0v) is 11.3. The molecule has 2 nitrogen and oxygen atoms in total. The first kappa shape index (κ1) is 12.0. The van der Waals surface area contributed by atoms with Crippen LogP contribution in [-0.2, 0) is 6.42 Å². The summed E-state index contributed by atoms with van der Waals surface area (Å²) in [4.78, 5) is 14.6. The van der Waals surface area contributed by atoms with Gasteiger partial charge in [-0.15, -0.1) is 0 Å². The van der Waals surface area contributed by atoms with Crippen LogP contribution >= 0.6 is 0 Å². The Morgan fingerprint density at radius 3 is 2.74 bits per heavy atom. The lowest BCUT2D eigenvalue weighted by molar-refractivity contribution is 0.0988. The standard InChI is InChI=1S/C17H17NO/c1-12-7-8-13(2)15(11-12)17(19)18-10-9-14-5-3-4-6-16(14)18/h3-8,11H,9-10H2,1-2H3. The summed E-state index contributed by atoms with van der Waals surface area (Å²) in [5, 5.41) is 0. The molecule has 0 N–H and O–H groups in total. The number of benzene rings is 2. The Hall–Kier alpha value is -2.09. The molecule has 0 unspecified atom stereocenters. The van der Waals surface area contributed by atoms with Gasteiger partial charge in [0.2, 0.25) is 0 Å². The number of rotatable bonds is 1. The van der Waals surface area contributed by atoms with Gasteiger partial charge in [0.25, 0.3) is 5.91 Å². The van der Waals surface area contributed by atoms with E-state index in [0.717, 1.165) is 35.3 Å². The third-order valence-corrected chi connectivity index (χ3v) is 3.76. The second-order valence-electron chi connectivity index (χ2n) is 5.15. The van der Waals surface area contributed by atoms with Crippen molar-refractivity contribution in [3.63, 3.8) is 0 Å². The molecule has 1 heterocycles. The zero-order chi connectivity index (χ0) is 13.4. The minimum absolute atomic E-state index is 0.117. The van der Waals surface area contributed by atoms with Gasteiger partial charge in [-0.2, -0.15) is 0 Å². The third-order valence-electron chi connectivity index (χ3n) is 3.76. The van der Waals surface area contributed by atoms with Crippen LogP contribution in [0.25, 0.3) is 0 Å². The Labute approximate surface area is 113 Å². The molecule has 0 atom stereocenters. The van der Waals surface area contributed by atoms with Crippen LogP contribution in [0.5, 0.6) is 0 Å². The van der Waals surface area contributed by atoms with Gasteiger partial charge in [0.15, 0.2) is 0 Å². The SMILES string of the molecule is Cc1ccc(C)c(C(=O)N2CCc3ccccc32)c1. The molecule has 2 aromatic rings. The van der Waals surface area contributed by atoms with Crippen molar-refractivity contribution in [3.05, 3.63) is 64.7 Å². The number of para-hydroxylation sites is 1. The smallest absolute Gasteiger partial charge is 0.258 e. The quantitative estimate of drug-likeness (QED) is 0.759. The van der Waals surface area contributed by atoms with E-state index >= 15 is 0 Å². The molecule has 0 saturated heterocycles. The number of carbonyl (C=O) groups is 1. The van der Waals surface area contributed by atoms with Gasteiger partial charge in [-0.3, -0.25) is 4.79 Å². The highest BCUT2D eigenvalue weighted by atomic mass is 16.2. The summed E-state index contributed by atoms with van der Waals surface area (Å²) in [6.45, 7) is 4.80. The maximum Gasteiger partial charge on any atom is 0.258 e. The Bertz CT molecular complexity index is 645. The Morgan fingerprint density at radius 2 is 1.89 bits per heavy atom. The highest BCUT2D eigenvalue weighted by molar-refractivity contribution is 6.08. The Kier molecular flexibility index (Phi) is 2.86. The fourth-order valence-corrected chi connectivity index (χ4v) is 2.66. The zero-order valence-electron chi connectivity index (χ0n) is 11.3. The van der Waals surface area contributed by atoms with Gasteiger partial charge < -0.3 is 4.90 Å². The van der Waals surface area contributed by atoms with E-state index in [9.17, 15) is 4.79 Å². The lowest BCUT2D eigenvalue weighted by Crippen LogP contribution is -2.29. The molecule has 0 bridgehead atoms. The molecule has 0 fully saturated rings. The van der Waals surface area contributed by atoms with Crippen LogP contribution in [-0.4, -0.2) is 12.5 Å². The van der Waals surface area contributed by atoms with Crippen molar-refractivity contribution < 1.29 is 4.79 Å². The van der Waals surface area contributed by atoms with Crippen molar-refractivity contribution in [3.8, 4) is 0 Å². The van der Waals surface area contributed by atoms with E-state index in [-0.39, 0.29) is 5.91 Å². The first-order chi connectivity index (χ1) is 9.16. The van der Waals surface area contributed by atoms with Gasteiger partial charge in [-0.1, -0.05) is 35.9 Å². The summed E-state index contributed by atoms with van der Waals surface area (Å²) in [7, 11) is 0. The van der Waals surface area contributed by atoms with Crippen LogP contribution < -0.4 is 4.90 Å². The number of anilines is 1. The molecule has 1 amide bonds. The van der Waals surface area contributed by atoms with Crippen LogP contribution in [0.15, 0.2) is 42.5 Å². The molecule has 0 saturated carbocycles. The van der Waals surface area contributed by atoms with E-state index in [1.165, 1.54) is 5.56 Å². The van der Waals surface area contributed by atoms with Crippen molar-refractivity contribution in [2.45, 2.75) is 20.3 Å². The molecule has 0 aliphatic carbocycles. The fraction of sp³-hybridized carbons (Fsp3) is 0.235. The van der Waals surface area contributed by atoms with Crippen molar-refractivity contribution in [1.82, 2.24) is 0 Å². The van der Waals surface area contributed by atoms with Crippen molar-refractivity contribution in [2.24, 2.45) is 0 Å². The molecule has 2 heteroatoms. The summed E-state index contributed by atoms with van der Waals surface area (Å²) < 4.78 is 0. The lowest BCUT2D eigenvalue weighted by atomic mass is 10.0. The topological polar surface area (TPSA) is 20.3 Å². The molecule has 0 spiro atoms. The van der Waals surface area contributed by atoms with Crippen LogP contribution in [0, 0.1) is 13.8 Å². The first-order valence-corrected chi connectivity index (χ1v) is 6.64. The molecular formula is C17H17NO. The summed E-state index contributed by atoms with van der Waals surface area (Å²) >= 11 is 0. The summed E-state index contributed by atoms with van der Waals surface area (Å²) in [6.07, 6.45) is 0.951. The first-order valence-electron chi connectivity index (χ1n) is 6.64. The summed E-state index contributed by atoms with van der Waals surface area (Å²) in [6, 6.07) is 14.2. The minimum Gasteiger partial charge on any atom is -0.308 e. The van der Waals surface area contributed by atoms with Gasteiger partial charge in [0, 0.05) is 17.8 Å². The average Bonchev–Trinajstić information content (AvgIpc) is 2.84. The van der Waals surface area contributed by atoms with Crippen LogP contribution in [0.2, 0.25) is 0 Å². The lowest BCUT2D eigenvalue weighted by Gasteiger charge is -2.18. The van der Waals surface area contributed by atoms with Gasteiger partial charge >= 0.3 is 0 Å². The third kappa shape index (κ3) is 2.03. The van der Waals surface area contributed by atoms with E-state index in [4.69, 9.17) is 0 Å². The number of hydrogen-bond donors (Lipinski definition) is 0. The Morgan fingerprint density at radius 1 is 1.11 bits per heavy atom. The van der Waals surface area contributed by atoms with E-state index < -0.39 is 0 Å². The maximum absolute atomic E-state index is 12.7. The Balaban J connectivity index is 2.00. The van der Waals surface area contributed by atoms with E-state index in [1.54, 1.807) is 0 Å². The van der Waals surface area contributed by atoms with Crippen LogP contribution in [0.1, 0.15) is 27.0 Å². The van der Waals surface area contributed by atoms with Gasteiger partial charge in [0.1, 0.15) is 0 Å². The van der Waals surface area contributed by atoms with E-state index in [1.807, 2.05) is 55.1 Å². The van der Waals surface area contributed by atoms with Crippen molar-refractivity contribution in [1.29, 1.82) is 0 Å². The van der Waals surface area contributed by atoms with Crippen LogP contribution in [0.4, 0.5) is 5.69 Å². The molecule has 96 valence electrons. The van der Waals surface area contributed by atoms with Gasteiger partial charge in [-0.05, 0) is 43.5 Å². The molecule has 2 aromatic carbocycles. The largest absolute Gasteiger partial charge is 0.308 e. The van der Waals surface area contributed by atoms with Crippen LogP contribution in [0.3, 0.4) is 0 Å². The molecular weight excluding hydrogens is 234 g/mol. The number of nitrogens with zero attached hydrogens (tertiary/aromatic N) is 1. The van der Waals surface area contributed by atoms with Crippen molar-refractivity contribution >= 4 is 11.6 Å². The molecule has 0 radical (unpaired) electrons. The second kappa shape index (κ2) is 4.54. The van der Waals surface area contributed by atoms with E-state index in [2.05, 4.69) is 6.07 Å². The monoisotopic (exact) mass is 251 g/mol. The fourth-order valence-electron chi connectivity index (χ4n) is 2.66. The van der Waals surface area contributed by atoms with Crippen molar-refractivity contribution in [2.75, 3.05) is 11.4 Å². The second-order valence-corrected chi connectivity index (χ2v) is 5.15. The minimum atomic E-state index is 0.117. The maximum atomic E-state index is 12.7. The summed E-state index contributed by atoms with van der Waals surface area (Å²) in [5.74, 6) is 0.117. The number of aryl methyl sites for hydroxylation is 2. The highest BCUT2D eigenvalue weighted by Crippen LogP contribution is 2.29. The average molecular weight is 251 g/mol. The number of amides is 1. The molecule has 1 aliphatic heterocycles. The predicted octanol–water partition coefficient (Wildman–Crippen LogP) is 3.51. The highest BCUT2D eigenvalue weighted by Gasteiger charge is 2.25. The number of fused-ring (bicyclic) bond motifs is 1. The normalized spacial score (nSPS) is 13.5. The molecule has 0 aromatic heterocycles.